The highest BCUT2D eigenvalue weighted by molar-refractivity contribution is 5.74. The number of ether oxygens (including phenoxy) is 6. The zero-order valence-corrected chi connectivity index (χ0v) is 33.4. The van der Waals surface area contributed by atoms with Crippen molar-refractivity contribution in [3.63, 3.8) is 0 Å². The van der Waals surface area contributed by atoms with E-state index in [9.17, 15) is 0 Å². The van der Waals surface area contributed by atoms with Crippen molar-refractivity contribution in [1.82, 2.24) is 9.88 Å². The lowest BCUT2D eigenvalue weighted by atomic mass is 9.96. The molecule has 290 valence electrons. The normalized spacial score (nSPS) is 13.3. The highest BCUT2D eigenvalue weighted by Gasteiger charge is 2.27. The van der Waals surface area contributed by atoms with Crippen molar-refractivity contribution >= 4 is 5.69 Å². The van der Waals surface area contributed by atoms with Crippen LogP contribution in [0.3, 0.4) is 0 Å². The van der Waals surface area contributed by atoms with Crippen LogP contribution in [0, 0.1) is 0 Å². The molecule has 1 saturated heterocycles. The number of pyridine rings is 1. The summed E-state index contributed by atoms with van der Waals surface area (Å²) in [6.07, 6.45) is 7.48. The molecule has 1 aromatic heterocycles. The second-order valence-electron chi connectivity index (χ2n) is 13.9. The van der Waals surface area contributed by atoms with E-state index >= 15 is 0 Å². The molecule has 4 aromatic carbocycles. The van der Waals surface area contributed by atoms with Crippen molar-refractivity contribution in [2.45, 2.75) is 58.2 Å². The molecule has 6 rings (SSSR count). The van der Waals surface area contributed by atoms with Gasteiger partial charge in [-0.25, -0.2) is 0 Å². The molecule has 1 aliphatic heterocycles. The molecule has 1 fully saturated rings. The van der Waals surface area contributed by atoms with Crippen LogP contribution in [0.25, 0.3) is 22.4 Å². The number of likely N-dealkylation sites (tertiary alicyclic amines) is 1. The van der Waals surface area contributed by atoms with Crippen LogP contribution in [-0.4, -0.2) is 71.7 Å². The van der Waals surface area contributed by atoms with Gasteiger partial charge in [-0.05, 0) is 102 Å². The van der Waals surface area contributed by atoms with Crippen LogP contribution in [0.15, 0.2) is 91.1 Å². The first-order valence-corrected chi connectivity index (χ1v) is 19.1. The van der Waals surface area contributed by atoms with E-state index in [0.29, 0.717) is 40.5 Å². The Kier molecular flexibility index (Phi) is 13.4. The Hall–Kier alpha value is -5.41. The summed E-state index contributed by atoms with van der Waals surface area (Å²) in [5.74, 6) is 3.66. The molecule has 1 aliphatic rings. The van der Waals surface area contributed by atoms with E-state index in [4.69, 9.17) is 33.4 Å². The first kappa shape index (κ1) is 39.3. The lowest BCUT2D eigenvalue weighted by Gasteiger charge is -2.40. The summed E-state index contributed by atoms with van der Waals surface area (Å²) in [5, 5.41) is 0. The van der Waals surface area contributed by atoms with Crippen molar-refractivity contribution in [2.75, 3.05) is 60.6 Å². The number of hydrogen-bond acceptors (Lipinski definition) is 9. The summed E-state index contributed by atoms with van der Waals surface area (Å²) >= 11 is 0. The first-order chi connectivity index (χ1) is 26.9. The Balaban J connectivity index is 1.23. The SMILES string of the molecule is CCCCc1ccc(N(Cc2ccccc2-c2cc(OC)c(OC)c(OC)c2)C2CCN(Cc3ccnc(-c4cc(OC)c(OC)c(OC)c4)c3)CC2)cc1. The number of piperidine rings is 1. The molecular weight excluding hydrogens is 691 g/mol. The molecule has 0 N–H and O–H groups in total. The highest BCUT2D eigenvalue weighted by atomic mass is 16.5. The molecule has 0 aliphatic carbocycles. The van der Waals surface area contributed by atoms with Crippen LogP contribution in [0.2, 0.25) is 0 Å². The molecule has 0 unspecified atom stereocenters. The van der Waals surface area contributed by atoms with Crippen LogP contribution in [0.4, 0.5) is 5.69 Å². The lowest BCUT2D eigenvalue weighted by molar-refractivity contribution is 0.201. The van der Waals surface area contributed by atoms with Gasteiger partial charge in [0.05, 0.1) is 48.4 Å². The number of hydrogen-bond donors (Lipinski definition) is 0. The summed E-state index contributed by atoms with van der Waals surface area (Å²) in [6, 6.07) is 30.5. The van der Waals surface area contributed by atoms with Gasteiger partial charge in [-0.1, -0.05) is 49.7 Å². The van der Waals surface area contributed by atoms with E-state index in [-0.39, 0.29) is 0 Å². The average molecular weight is 746 g/mol. The fraction of sp³-hybridized carbons (Fsp3) is 0.370. The third kappa shape index (κ3) is 9.11. The van der Waals surface area contributed by atoms with Gasteiger partial charge in [0.2, 0.25) is 11.5 Å². The number of aromatic nitrogens is 1. The Morgan fingerprint density at radius 2 is 1.24 bits per heavy atom. The van der Waals surface area contributed by atoms with Gasteiger partial charge in [-0.2, -0.15) is 0 Å². The molecule has 0 radical (unpaired) electrons. The van der Waals surface area contributed by atoms with Crippen LogP contribution >= 0.6 is 0 Å². The predicted octanol–water partition coefficient (Wildman–Crippen LogP) is 9.48. The molecule has 9 heteroatoms. The Morgan fingerprint density at radius 1 is 0.655 bits per heavy atom. The van der Waals surface area contributed by atoms with E-state index in [2.05, 4.69) is 77.4 Å². The summed E-state index contributed by atoms with van der Waals surface area (Å²) in [7, 11) is 9.84. The van der Waals surface area contributed by atoms with Crippen LogP contribution in [-0.2, 0) is 19.5 Å². The predicted molar refractivity (Wildman–Crippen MR) is 220 cm³/mol. The minimum absolute atomic E-state index is 0.373. The molecule has 0 bridgehead atoms. The number of unbranched alkanes of at least 4 members (excludes halogenated alkanes) is 1. The summed E-state index contributed by atoms with van der Waals surface area (Å²) < 4.78 is 33.9. The van der Waals surface area contributed by atoms with E-state index in [1.165, 1.54) is 35.2 Å². The third-order valence-electron chi connectivity index (χ3n) is 10.6. The van der Waals surface area contributed by atoms with Gasteiger partial charge >= 0.3 is 0 Å². The number of methoxy groups -OCH3 is 6. The number of benzene rings is 4. The summed E-state index contributed by atoms with van der Waals surface area (Å²) in [5.41, 5.74) is 9.05. The van der Waals surface area contributed by atoms with E-state index < -0.39 is 0 Å². The number of anilines is 1. The maximum Gasteiger partial charge on any atom is 0.203 e. The number of rotatable bonds is 17. The Morgan fingerprint density at radius 3 is 1.80 bits per heavy atom. The van der Waals surface area contributed by atoms with Gasteiger partial charge in [0.15, 0.2) is 23.0 Å². The maximum atomic E-state index is 5.74. The quantitative estimate of drug-likeness (QED) is 0.0926. The fourth-order valence-electron chi connectivity index (χ4n) is 7.63. The monoisotopic (exact) mass is 745 g/mol. The first-order valence-electron chi connectivity index (χ1n) is 19.1. The standard InChI is InChI=1S/C46H55N3O6/c1-8-9-12-32-15-17-37(18-16-32)49(31-34-13-10-11-14-39(34)35-26-41(50-2)45(54-6)42(27-35)51-3)38-20-23-48(24-21-38)30-33-19-22-47-40(25-33)36-28-43(52-4)46(55-7)44(29-36)53-5/h10-11,13-19,22,25-29,38H,8-9,12,20-21,23-24,30-31H2,1-7H3. The molecule has 9 nitrogen and oxygen atoms in total. The van der Waals surface area contributed by atoms with Crippen LogP contribution < -0.4 is 33.3 Å². The minimum atomic E-state index is 0.373. The summed E-state index contributed by atoms with van der Waals surface area (Å²) in [6.45, 7) is 5.85. The Labute approximate surface area is 326 Å². The van der Waals surface area contributed by atoms with Crippen molar-refractivity contribution < 1.29 is 28.4 Å². The van der Waals surface area contributed by atoms with Gasteiger partial charge < -0.3 is 33.3 Å². The minimum Gasteiger partial charge on any atom is -0.493 e. The van der Waals surface area contributed by atoms with Crippen molar-refractivity contribution in [1.29, 1.82) is 0 Å². The van der Waals surface area contributed by atoms with Gasteiger partial charge in [0.1, 0.15) is 0 Å². The average Bonchev–Trinajstić information content (AvgIpc) is 3.24. The maximum absolute atomic E-state index is 5.74. The van der Waals surface area contributed by atoms with E-state index in [1.807, 2.05) is 30.5 Å². The third-order valence-corrected chi connectivity index (χ3v) is 10.6. The molecule has 5 aromatic rings. The fourth-order valence-corrected chi connectivity index (χ4v) is 7.63. The van der Waals surface area contributed by atoms with Crippen molar-refractivity contribution in [2.24, 2.45) is 0 Å². The largest absolute Gasteiger partial charge is 0.493 e. The molecule has 0 saturated carbocycles. The molecule has 0 spiro atoms. The van der Waals surface area contributed by atoms with Gasteiger partial charge in [0, 0.05) is 49.7 Å². The topological polar surface area (TPSA) is 74.8 Å². The van der Waals surface area contributed by atoms with Crippen LogP contribution in [0.1, 0.15) is 49.3 Å². The Bertz CT molecular complexity index is 1960. The number of nitrogens with zero attached hydrogens (tertiary/aromatic N) is 3. The van der Waals surface area contributed by atoms with E-state index in [0.717, 1.165) is 67.8 Å². The second kappa shape index (κ2) is 18.8. The van der Waals surface area contributed by atoms with Gasteiger partial charge in [-0.15, -0.1) is 0 Å². The van der Waals surface area contributed by atoms with E-state index in [1.54, 1.807) is 42.7 Å². The second-order valence-corrected chi connectivity index (χ2v) is 13.9. The van der Waals surface area contributed by atoms with Crippen molar-refractivity contribution in [3.8, 4) is 56.9 Å². The molecule has 0 amide bonds. The van der Waals surface area contributed by atoms with Crippen molar-refractivity contribution in [3.05, 3.63) is 108 Å². The zero-order chi connectivity index (χ0) is 38.7. The molecule has 2 heterocycles. The van der Waals surface area contributed by atoms with Gasteiger partial charge in [-0.3, -0.25) is 9.88 Å². The van der Waals surface area contributed by atoms with Crippen LogP contribution in [0.5, 0.6) is 34.5 Å². The number of aryl methyl sites for hydroxylation is 1. The molecule has 55 heavy (non-hydrogen) atoms. The highest BCUT2D eigenvalue weighted by Crippen LogP contribution is 2.43. The molecule has 0 atom stereocenters. The zero-order valence-electron chi connectivity index (χ0n) is 33.4. The lowest BCUT2D eigenvalue weighted by Crippen LogP contribution is -2.44. The van der Waals surface area contributed by atoms with Gasteiger partial charge in [0.25, 0.3) is 0 Å². The smallest absolute Gasteiger partial charge is 0.203 e. The molecular formula is C46H55N3O6. The summed E-state index contributed by atoms with van der Waals surface area (Å²) in [4.78, 5) is 9.87.